The molecule has 154 valence electrons. The lowest BCUT2D eigenvalue weighted by molar-refractivity contribution is -0.113. The van der Waals surface area contributed by atoms with Gasteiger partial charge < -0.3 is 5.32 Å². The van der Waals surface area contributed by atoms with E-state index in [4.69, 9.17) is 16.6 Å². The molecule has 0 bridgehead atoms. The smallest absolute Gasteiger partial charge is 0.272 e. The van der Waals surface area contributed by atoms with E-state index in [1.165, 1.54) is 23.5 Å². The van der Waals surface area contributed by atoms with E-state index in [0.29, 0.717) is 20.8 Å². The summed E-state index contributed by atoms with van der Waals surface area (Å²) in [4.78, 5) is 31.0. The van der Waals surface area contributed by atoms with Crippen molar-refractivity contribution in [1.29, 1.82) is 0 Å². The molecule has 4 rings (SSSR count). The maximum absolute atomic E-state index is 13.1. The lowest BCUT2D eigenvalue weighted by Crippen LogP contribution is -2.24. The summed E-state index contributed by atoms with van der Waals surface area (Å²) in [7, 11) is 0. The Morgan fingerprint density at radius 1 is 1.30 bits per heavy atom. The van der Waals surface area contributed by atoms with E-state index >= 15 is 0 Å². The third-order valence-electron chi connectivity index (χ3n) is 4.54. The summed E-state index contributed by atoms with van der Waals surface area (Å²) < 4.78 is 2.51. The predicted octanol–water partition coefficient (Wildman–Crippen LogP) is 5.34. The predicted molar refractivity (Wildman–Crippen MR) is 128 cm³/mol. The van der Waals surface area contributed by atoms with Crippen molar-refractivity contribution in [3.63, 3.8) is 0 Å². The molecule has 0 atom stereocenters. The van der Waals surface area contributed by atoms with E-state index in [9.17, 15) is 9.59 Å². The number of rotatable bonds is 5. The van der Waals surface area contributed by atoms with Crippen molar-refractivity contribution in [1.82, 2.24) is 9.55 Å². The quantitative estimate of drug-likeness (QED) is 0.362. The van der Waals surface area contributed by atoms with E-state index in [-0.39, 0.29) is 17.2 Å². The molecular weight excluding hydrogens is 506 g/mol. The molecule has 3 aromatic rings. The molecule has 0 unspecified atom stereocenters. The molecule has 1 N–H and O–H groups in total. The number of carbonyl (C=O) groups excluding carboxylic acids is 1. The Hall–Kier alpha value is -1.74. The number of nitrogens with one attached hydrogen (secondary N) is 1. The molecule has 2 aromatic carbocycles. The first-order chi connectivity index (χ1) is 14.4. The molecule has 1 aliphatic heterocycles. The van der Waals surface area contributed by atoms with E-state index in [0.717, 1.165) is 33.6 Å². The number of aromatic nitrogens is 2. The van der Waals surface area contributed by atoms with Gasteiger partial charge in [-0.3, -0.25) is 14.2 Å². The van der Waals surface area contributed by atoms with Crippen molar-refractivity contribution in [2.75, 3.05) is 16.8 Å². The molecule has 1 amide bonds. The fourth-order valence-electron chi connectivity index (χ4n) is 3.00. The zero-order chi connectivity index (χ0) is 21.3. The second-order valence-electron chi connectivity index (χ2n) is 6.69. The van der Waals surface area contributed by atoms with Crippen LogP contribution in [0.5, 0.6) is 0 Å². The molecule has 2 heterocycles. The highest BCUT2D eigenvalue weighted by atomic mass is 79.9. The maximum atomic E-state index is 13.1. The van der Waals surface area contributed by atoms with Crippen LogP contribution in [0.15, 0.2) is 61.8 Å². The Kier molecular flexibility index (Phi) is 6.57. The molecule has 9 heteroatoms. The molecular formula is C21H17BrClN3O2S2. The van der Waals surface area contributed by atoms with Gasteiger partial charge in [-0.15, -0.1) is 11.8 Å². The van der Waals surface area contributed by atoms with Crippen LogP contribution in [0.25, 0.3) is 5.69 Å². The zero-order valence-electron chi connectivity index (χ0n) is 15.9. The third kappa shape index (κ3) is 4.61. The molecule has 0 radical (unpaired) electrons. The Bertz CT molecular complexity index is 1180. The number of anilines is 1. The first-order valence-electron chi connectivity index (χ1n) is 9.16. The van der Waals surface area contributed by atoms with Crippen LogP contribution < -0.4 is 10.9 Å². The Balaban J connectivity index is 1.59. The second kappa shape index (κ2) is 9.18. The average Bonchev–Trinajstić information content (AvgIpc) is 3.19. The second-order valence-corrected chi connectivity index (χ2v) is 10.1. The van der Waals surface area contributed by atoms with Gasteiger partial charge in [-0.05, 0) is 48.9 Å². The van der Waals surface area contributed by atoms with Crippen LogP contribution in [0.2, 0.25) is 5.02 Å². The molecule has 0 saturated carbocycles. The van der Waals surface area contributed by atoms with Gasteiger partial charge in [-0.1, -0.05) is 45.4 Å². The van der Waals surface area contributed by atoms with Crippen molar-refractivity contribution < 1.29 is 4.79 Å². The Morgan fingerprint density at radius 3 is 2.80 bits per heavy atom. The zero-order valence-corrected chi connectivity index (χ0v) is 19.9. The molecule has 1 aliphatic rings. The summed E-state index contributed by atoms with van der Waals surface area (Å²) >= 11 is 12.3. The summed E-state index contributed by atoms with van der Waals surface area (Å²) in [6, 6.07) is 12.9. The lowest BCUT2D eigenvalue weighted by Gasteiger charge is -2.14. The highest BCUT2D eigenvalue weighted by Gasteiger charge is 2.23. The minimum Gasteiger partial charge on any atom is -0.325 e. The summed E-state index contributed by atoms with van der Waals surface area (Å²) in [5.74, 6) is 0.785. The summed E-state index contributed by atoms with van der Waals surface area (Å²) in [6.45, 7) is 1.91. The van der Waals surface area contributed by atoms with Crippen LogP contribution in [-0.4, -0.2) is 27.0 Å². The SMILES string of the molecule is Cc1ccc(NC(=O)CSc2nc3c(c(=O)n2-c2ccc(Br)cc2)SCC3)cc1Cl. The molecule has 0 saturated heterocycles. The van der Waals surface area contributed by atoms with Gasteiger partial charge in [0.2, 0.25) is 5.91 Å². The van der Waals surface area contributed by atoms with Gasteiger partial charge in [0.15, 0.2) is 5.16 Å². The van der Waals surface area contributed by atoms with Crippen LogP contribution in [0.1, 0.15) is 11.3 Å². The number of amides is 1. The first kappa shape index (κ1) is 21.5. The van der Waals surface area contributed by atoms with Gasteiger partial charge in [0.05, 0.1) is 22.0 Å². The van der Waals surface area contributed by atoms with Crippen LogP contribution in [0, 0.1) is 6.92 Å². The average molecular weight is 523 g/mol. The number of halogens is 2. The molecule has 0 spiro atoms. The van der Waals surface area contributed by atoms with Crippen LogP contribution in [0.3, 0.4) is 0 Å². The standard InChI is InChI=1S/C21H17BrClN3O2S2/c1-12-2-5-14(10-16(12)23)24-18(27)11-30-21-25-17-8-9-29-19(17)20(28)26(21)15-6-3-13(22)4-7-15/h2-7,10H,8-9,11H2,1H3,(H,24,27). The number of fused-ring (bicyclic) bond motifs is 1. The fourth-order valence-corrected chi connectivity index (χ4v) is 5.30. The summed E-state index contributed by atoms with van der Waals surface area (Å²) in [6.07, 6.45) is 0.762. The number of hydrogen-bond donors (Lipinski definition) is 1. The van der Waals surface area contributed by atoms with Gasteiger partial charge >= 0.3 is 0 Å². The largest absolute Gasteiger partial charge is 0.325 e. The number of carbonyl (C=O) groups is 1. The normalized spacial score (nSPS) is 12.6. The third-order valence-corrected chi connectivity index (χ3v) is 7.52. The van der Waals surface area contributed by atoms with E-state index in [1.807, 2.05) is 43.3 Å². The highest BCUT2D eigenvalue weighted by molar-refractivity contribution is 9.10. The van der Waals surface area contributed by atoms with Crippen molar-refractivity contribution in [3.8, 4) is 5.69 Å². The lowest BCUT2D eigenvalue weighted by atomic mass is 10.2. The van der Waals surface area contributed by atoms with E-state index in [1.54, 1.807) is 10.6 Å². The number of hydrogen-bond acceptors (Lipinski definition) is 5. The van der Waals surface area contributed by atoms with Gasteiger partial charge in [0, 0.05) is 27.4 Å². The van der Waals surface area contributed by atoms with E-state index < -0.39 is 0 Å². The minimum absolute atomic E-state index is 0.0851. The van der Waals surface area contributed by atoms with Gasteiger partial charge in [-0.25, -0.2) is 4.98 Å². The molecule has 5 nitrogen and oxygen atoms in total. The van der Waals surface area contributed by atoms with Crippen LogP contribution in [-0.2, 0) is 11.2 Å². The summed E-state index contributed by atoms with van der Waals surface area (Å²) in [5.41, 5.74) is 3.03. The Morgan fingerprint density at radius 2 is 2.07 bits per heavy atom. The minimum atomic E-state index is -0.189. The van der Waals surface area contributed by atoms with Crippen molar-refractivity contribution in [2.24, 2.45) is 0 Å². The Labute approximate surface area is 195 Å². The highest BCUT2D eigenvalue weighted by Crippen LogP contribution is 2.30. The molecule has 0 aliphatic carbocycles. The molecule has 30 heavy (non-hydrogen) atoms. The van der Waals surface area contributed by atoms with Crippen LogP contribution in [0.4, 0.5) is 5.69 Å². The summed E-state index contributed by atoms with van der Waals surface area (Å²) in [5, 5.41) is 3.96. The van der Waals surface area contributed by atoms with Crippen molar-refractivity contribution in [3.05, 3.63) is 73.6 Å². The van der Waals surface area contributed by atoms with Crippen LogP contribution >= 0.6 is 51.1 Å². The van der Waals surface area contributed by atoms with Crippen molar-refractivity contribution in [2.45, 2.75) is 23.4 Å². The van der Waals surface area contributed by atoms with E-state index in [2.05, 4.69) is 21.2 Å². The van der Waals surface area contributed by atoms with Crippen molar-refractivity contribution >= 4 is 62.6 Å². The maximum Gasteiger partial charge on any atom is 0.272 e. The number of aryl methyl sites for hydroxylation is 2. The van der Waals surface area contributed by atoms with Gasteiger partial charge in [0.25, 0.3) is 5.56 Å². The van der Waals surface area contributed by atoms with Gasteiger partial charge in [-0.2, -0.15) is 0 Å². The molecule has 0 fully saturated rings. The van der Waals surface area contributed by atoms with Gasteiger partial charge in [0.1, 0.15) is 0 Å². The number of thioether (sulfide) groups is 2. The number of benzene rings is 2. The topological polar surface area (TPSA) is 64.0 Å². The fraction of sp³-hybridized carbons (Fsp3) is 0.190. The molecule has 1 aromatic heterocycles. The number of nitrogens with zero attached hydrogens (tertiary/aromatic N) is 2. The monoisotopic (exact) mass is 521 g/mol. The first-order valence-corrected chi connectivity index (χ1v) is 12.3.